The molecule has 3 rings (SSSR count). The maximum atomic E-state index is 13.4. The number of hydrogen-bond donors (Lipinski definition) is 3. The topological polar surface area (TPSA) is 74.3 Å². The first-order valence-electron chi connectivity index (χ1n) is 8.07. The summed E-state index contributed by atoms with van der Waals surface area (Å²) in [5, 5.41) is 12.4. The third-order valence-electron chi connectivity index (χ3n) is 4.19. The number of carboxylic acid groups (broad SMARTS) is 1. The molecule has 0 amide bonds. The summed E-state index contributed by atoms with van der Waals surface area (Å²) in [4.78, 5) is 13.8. The van der Waals surface area contributed by atoms with Crippen LogP contribution < -0.4 is 10.1 Å². The lowest BCUT2D eigenvalue weighted by Gasteiger charge is -2.16. The van der Waals surface area contributed by atoms with Gasteiger partial charge in [0.05, 0.1) is 19.1 Å². The van der Waals surface area contributed by atoms with E-state index in [0.29, 0.717) is 5.75 Å². The van der Waals surface area contributed by atoms with Crippen LogP contribution in [-0.2, 0) is 23.9 Å². The lowest BCUT2D eigenvalue weighted by Crippen LogP contribution is -2.12. The van der Waals surface area contributed by atoms with Crippen molar-refractivity contribution in [3.8, 4) is 5.75 Å². The lowest BCUT2D eigenvalue weighted by atomic mass is 10.1. The van der Waals surface area contributed by atoms with E-state index in [4.69, 9.17) is 9.84 Å². The number of aliphatic carboxylic acids is 1. The highest BCUT2D eigenvalue weighted by Crippen LogP contribution is 2.36. The van der Waals surface area contributed by atoms with Crippen molar-refractivity contribution < 1.29 is 27.8 Å². The zero-order chi connectivity index (χ0) is 19.6. The number of ether oxygens (including phenoxy) is 1. The van der Waals surface area contributed by atoms with Gasteiger partial charge in [-0.2, -0.15) is 13.2 Å². The molecule has 0 aliphatic rings. The van der Waals surface area contributed by atoms with Crippen molar-refractivity contribution in [1.29, 1.82) is 0 Å². The highest BCUT2D eigenvalue weighted by molar-refractivity contribution is 5.85. The second-order valence-electron chi connectivity index (χ2n) is 6.03. The van der Waals surface area contributed by atoms with Crippen molar-refractivity contribution in [3.05, 3.63) is 59.3 Å². The number of methoxy groups -OCH3 is 1. The molecule has 0 atom stereocenters. The molecule has 3 aromatic rings. The lowest BCUT2D eigenvalue weighted by molar-refractivity contribution is -0.138. The van der Waals surface area contributed by atoms with Crippen LogP contribution >= 0.6 is 0 Å². The Morgan fingerprint density at radius 2 is 2.00 bits per heavy atom. The van der Waals surface area contributed by atoms with Gasteiger partial charge in [-0.1, -0.05) is 6.07 Å². The number of nitrogens with one attached hydrogen (secondary N) is 2. The van der Waals surface area contributed by atoms with E-state index < -0.39 is 24.1 Å². The number of halogens is 3. The number of fused-ring (bicyclic) bond motifs is 1. The van der Waals surface area contributed by atoms with E-state index >= 15 is 0 Å². The van der Waals surface area contributed by atoms with Gasteiger partial charge in [-0.25, -0.2) is 0 Å². The Bertz CT molecular complexity index is 980. The smallest absolute Gasteiger partial charge is 0.418 e. The van der Waals surface area contributed by atoms with Crippen LogP contribution in [0.2, 0.25) is 0 Å². The van der Waals surface area contributed by atoms with Crippen molar-refractivity contribution in [1.82, 2.24) is 4.98 Å². The second kappa shape index (κ2) is 7.22. The molecular formula is C19H17F3N2O3. The minimum absolute atomic E-state index is 0.0946. The fraction of sp³-hybridized carbons (Fsp3) is 0.211. The number of alkyl halides is 3. The van der Waals surface area contributed by atoms with Gasteiger partial charge in [0.25, 0.3) is 0 Å². The van der Waals surface area contributed by atoms with E-state index in [-0.39, 0.29) is 17.8 Å². The van der Waals surface area contributed by atoms with E-state index in [1.807, 2.05) is 12.1 Å². The van der Waals surface area contributed by atoms with Gasteiger partial charge in [0.1, 0.15) is 5.75 Å². The van der Waals surface area contributed by atoms with Crippen molar-refractivity contribution in [3.63, 3.8) is 0 Å². The third-order valence-corrected chi connectivity index (χ3v) is 4.19. The predicted octanol–water partition coefficient (Wildman–Crippen LogP) is 4.43. The number of carboxylic acids is 1. The minimum Gasteiger partial charge on any atom is -0.497 e. The van der Waals surface area contributed by atoms with Crippen molar-refractivity contribution in [2.45, 2.75) is 19.1 Å². The van der Waals surface area contributed by atoms with E-state index in [2.05, 4.69) is 10.3 Å². The summed E-state index contributed by atoms with van der Waals surface area (Å²) in [5.41, 5.74) is 0.733. The molecule has 1 aromatic heterocycles. The molecule has 3 N–H and O–H groups in total. The molecule has 142 valence electrons. The number of anilines is 1. The zero-order valence-electron chi connectivity index (χ0n) is 14.4. The van der Waals surface area contributed by atoms with E-state index in [1.165, 1.54) is 12.1 Å². The fourth-order valence-corrected chi connectivity index (χ4v) is 2.89. The number of H-pyrrole nitrogens is 1. The summed E-state index contributed by atoms with van der Waals surface area (Å²) in [6.07, 6.45) is -3.34. The van der Waals surface area contributed by atoms with Crippen LogP contribution in [0.4, 0.5) is 18.9 Å². The zero-order valence-corrected chi connectivity index (χ0v) is 14.4. The van der Waals surface area contributed by atoms with Gasteiger partial charge in [0.15, 0.2) is 0 Å². The fourth-order valence-electron chi connectivity index (χ4n) is 2.89. The molecule has 5 nitrogen and oxygen atoms in total. The highest BCUT2D eigenvalue weighted by Gasteiger charge is 2.34. The molecule has 0 saturated heterocycles. The number of aromatic nitrogens is 1. The average Bonchev–Trinajstić information content (AvgIpc) is 3.01. The number of benzene rings is 2. The van der Waals surface area contributed by atoms with Gasteiger partial charge in [-0.3, -0.25) is 4.79 Å². The van der Waals surface area contributed by atoms with Crippen LogP contribution in [0.3, 0.4) is 0 Å². The van der Waals surface area contributed by atoms with E-state index in [1.54, 1.807) is 19.4 Å². The molecule has 0 spiro atoms. The van der Waals surface area contributed by atoms with Crippen LogP contribution in [0, 0.1) is 0 Å². The second-order valence-corrected chi connectivity index (χ2v) is 6.03. The first kappa shape index (κ1) is 18.6. The summed E-state index contributed by atoms with van der Waals surface area (Å²) < 4.78 is 45.3. The number of rotatable bonds is 6. The standard InChI is InChI=1S/C19H17F3N2O3/c1-27-13-3-5-16-14(8-13)12(9-23-16)10-24-17-4-2-11(7-18(25)26)6-15(17)19(20,21)22/h2-6,8-9,23-24H,7,10H2,1H3,(H,25,26). The van der Waals surface area contributed by atoms with Crippen LogP contribution in [0.5, 0.6) is 5.75 Å². The van der Waals surface area contributed by atoms with Gasteiger partial charge in [0.2, 0.25) is 0 Å². The normalized spacial score (nSPS) is 11.6. The van der Waals surface area contributed by atoms with E-state index in [9.17, 15) is 18.0 Å². The highest BCUT2D eigenvalue weighted by atomic mass is 19.4. The monoisotopic (exact) mass is 378 g/mol. The van der Waals surface area contributed by atoms with Gasteiger partial charge in [0, 0.05) is 29.3 Å². The summed E-state index contributed by atoms with van der Waals surface area (Å²) in [6.45, 7) is 0.161. The Kier molecular flexibility index (Phi) is 4.98. The molecule has 2 aromatic carbocycles. The van der Waals surface area contributed by atoms with Crippen LogP contribution in [0.15, 0.2) is 42.6 Å². The quantitative estimate of drug-likeness (QED) is 0.593. The molecule has 27 heavy (non-hydrogen) atoms. The number of carbonyl (C=O) groups is 1. The van der Waals surface area contributed by atoms with Gasteiger partial charge in [-0.05, 0) is 41.5 Å². The van der Waals surface area contributed by atoms with Crippen LogP contribution in [0.25, 0.3) is 10.9 Å². The molecule has 0 fully saturated rings. The summed E-state index contributed by atoms with van der Waals surface area (Å²) in [7, 11) is 1.54. The van der Waals surface area contributed by atoms with Crippen molar-refractivity contribution >= 4 is 22.6 Å². The maximum Gasteiger partial charge on any atom is 0.418 e. The Balaban J connectivity index is 1.88. The molecule has 1 heterocycles. The first-order valence-corrected chi connectivity index (χ1v) is 8.07. The third kappa shape index (κ3) is 4.16. The first-order chi connectivity index (χ1) is 12.8. The summed E-state index contributed by atoms with van der Waals surface area (Å²) >= 11 is 0. The Morgan fingerprint density at radius 3 is 2.67 bits per heavy atom. The Hall–Kier alpha value is -3.16. The molecule has 0 unspecified atom stereocenters. The summed E-state index contributed by atoms with van der Waals surface area (Å²) in [6, 6.07) is 8.94. The molecular weight excluding hydrogens is 361 g/mol. The van der Waals surface area contributed by atoms with Crippen molar-refractivity contribution in [2.75, 3.05) is 12.4 Å². The average molecular weight is 378 g/mol. The molecule has 0 saturated carbocycles. The Labute approximate surface area is 152 Å². The molecule has 0 aliphatic heterocycles. The molecule has 8 heteroatoms. The maximum absolute atomic E-state index is 13.4. The van der Waals surface area contributed by atoms with E-state index in [0.717, 1.165) is 22.5 Å². The van der Waals surface area contributed by atoms with Gasteiger partial charge >= 0.3 is 12.1 Å². The number of hydrogen-bond acceptors (Lipinski definition) is 3. The van der Waals surface area contributed by atoms with Crippen LogP contribution in [-0.4, -0.2) is 23.2 Å². The number of aromatic amines is 1. The molecule has 0 bridgehead atoms. The van der Waals surface area contributed by atoms with Crippen molar-refractivity contribution in [2.24, 2.45) is 0 Å². The summed E-state index contributed by atoms with van der Waals surface area (Å²) in [5.74, 6) is -0.533. The van der Waals surface area contributed by atoms with Gasteiger partial charge in [-0.15, -0.1) is 0 Å². The largest absolute Gasteiger partial charge is 0.497 e. The van der Waals surface area contributed by atoms with Crippen LogP contribution in [0.1, 0.15) is 16.7 Å². The molecule has 0 aliphatic carbocycles. The predicted molar refractivity (Wildman–Crippen MR) is 95.0 cm³/mol. The minimum atomic E-state index is -4.60. The van der Waals surface area contributed by atoms with Gasteiger partial charge < -0.3 is 20.1 Å². The SMILES string of the molecule is COc1ccc2[nH]cc(CNc3ccc(CC(=O)O)cc3C(F)(F)F)c2c1. The molecule has 0 radical (unpaired) electrons. The Morgan fingerprint density at radius 1 is 1.22 bits per heavy atom.